The summed E-state index contributed by atoms with van der Waals surface area (Å²) < 4.78 is 97.2. The molecule has 1 aromatic carbocycles. The third-order valence-electron chi connectivity index (χ3n) is 4.91. The molecule has 1 aliphatic rings. The lowest BCUT2D eigenvalue weighted by Gasteiger charge is -2.41. The highest BCUT2D eigenvalue weighted by molar-refractivity contribution is 6.06. The molecule has 1 aliphatic heterocycles. The standard InChI is InChI=1S/C21H14F7N5O2/c22-12-5-11(20(23,24)25)6-14(7-12)35-15-9-33(10-15)16-1-2-17(21(26,27)28)32-18(16)19(34)31-13-3-4-29-30-8-13/h1-8,15H,9-10H2,(H,29,31,34). The van der Waals surface area contributed by atoms with Crippen molar-refractivity contribution in [1.82, 2.24) is 15.2 Å². The first-order valence-electron chi connectivity index (χ1n) is 9.86. The molecule has 14 heteroatoms. The summed E-state index contributed by atoms with van der Waals surface area (Å²) in [6.07, 6.45) is -7.83. The van der Waals surface area contributed by atoms with Crippen LogP contribution in [0, 0.1) is 5.82 Å². The van der Waals surface area contributed by atoms with E-state index in [0.29, 0.717) is 18.2 Å². The molecule has 0 atom stereocenters. The topological polar surface area (TPSA) is 80.2 Å². The van der Waals surface area contributed by atoms with Crippen LogP contribution in [0.25, 0.3) is 0 Å². The van der Waals surface area contributed by atoms with Crippen LogP contribution in [0.3, 0.4) is 0 Å². The maximum absolute atomic E-state index is 13.6. The molecule has 35 heavy (non-hydrogen) atoms. The number of hydrogen-bond acceptors (Lipinski definition) is 6. The Morgan fingerprint density at radius 3 is 2.37 bits per heavy atom. The second-order valence-electron chi connectivity index (χ2n) is 7.47. The van der Waals surface area contributed by atoms with Gasteiger partial charge in [-0.3, -0.25) is 4.79 Å². The number of amides is 1. The number of rotatable bonds is 5. The second kappa shape index (κ2) is 9.00. The van der Waals surface area contributed by atoms with Gasteiger partial charge in [-0.2, -0.15) is 36.5 Å². The largest absolute Gasteiger partial charge is 0.487 e. The van der Waals surface area contributed by atoms with E-state index < -0.39 is 47.1 Å². The van der Waals surface area contributed by atoms with Gasteiger partial charge in [-0.25, -0.2) is 9.37 Å². The molecule has 4 rings (SSSR count). The lowest BCUT2D eigenvalue weighted by molar-refractivity contribution is -0.141. The molecule has 0 aliphatic carbocycles. The molecule has 0 radical (unpaired) electrons. The van der Waals surface area contributed by atoms with Gasteiger partial charge in [-0.1, -0.05) is 0 Å². The summed E-state index contributed by atoms with van der Waals surface area (Å²) in [6, 6.07) is 4.91. The lowest BCUT2D eigenvalue weighted by atomic mass is 10.1. The smallest absolute Gasteiger partial charge is 0.433 e. The Labute approximate surface area is 192 Å². The molecule has 1 amide bonds. The average molecular weight is 501 g/mol. The number of nitrogens with one attached hydrogen (secondary N) is 1. The summed E-state index contributed by atoms with van der Waals surface area (Å²) >= 11 is 0. The molecule has 2 aromatic heterocycles. The first kappa shape index (κ1) is 24.2. The van der Waals surface area contributed by atoms with Crippen LogP contribution in [0.5, 0.6) is 5.75 Å². The SMILES string of the molecule is O=C(Nc1ccnnc1)c1nc(C(F)(F)F)ccc1N1CC(Oc2cc(F)cc(C(F)(F)F)c2)C1. The molecule has 0 saturated carbocycles. The number of carbonyl (C=O) groups is 1. The van der Waals surface area contributed by atoms with E-state index in [-0.39, 0.29) is 30.2 Å². The van der Waals surface area contributed by atoms with E-state index in [1.165, 1.54) is 23.4 Å². The fourth-order valence-electron chi connectivity index (χ4n) is 3.28. The Bertz CT molecular complexity index is 1230. The summed E-state index contributed by atoms with van der Waals surface area (Å²) in [5, 5.41) is 9.47. The fourth-order valence-corrected chi connectivity index (χ4v) is 3.28. The summed E-state index contributed by atoms with van der Waals surface area (Å²) in [6.45, 7) is 0.00397. The number of hydrogen-bond donors (Lipinski definition) is 1. The summed E-state index contributed by atoms with van der Waals surface area (Å²) in [5.74, 6) is -2.43. The van der Waals surface area contributed by atoms with Crippen molar-refractivity contribution in [2.24, 2.45) is 0 Å². The predicted octanol–water partition coefficient (Wildman–Crippen LogP) is 4.57. The van der Waals surface area contributed by atoms with Gasteiger partial charge in [0.15, 0.2) is 5.69 Å². The summed E-state index contributed by atoms with van der Waals surface area (Å²) in [4.78, 5) is 17.6. The van der Waals surface area contributed by atoms with Gasteiger partial charge in [0, 0.05) is 6.07 Å². The highest BCUT2D eigenvalue weighted by Gasteiger charge is 2.37. The van der Waals surface area contributed by atoms with Crippen LogP contribution in [-0.4, -0.2) is 40.3 Å². The van der Waals surface area contributed by atoms with Gasteiger partial charge in [-0.15, -0.1) is 0 Å². The van der Waals surface area contributed by atoms with Crippen molar-refractivity contribution in [2.45, 2.75) is 18.5 Å². The highest BCUT2D eigenvalue weighted by atomic mass is 19.4. The van der Waals surface area contributed by atoms with E-state index in [1.54, 1.807) is 0 Å². The quantitative estimate of drug-likeness (QED) is 0.517. The molecular formula is C21H14F7N5O2. The van der Waals surface area contributed by atoms with Crippen LogP contribution < -0.4 is 15.0 Å². The molecule has 0 spiro atoms. The zero-order valence-electron chi connectivity index (χ0n) is 17.4. The van der Waals surface area contributed by atoms with Gasteiger partial charge in [0.2, 0.25) is 0 Å². The Morgan fingerprint density at radius 2 is 1.74 bits per heavy atom. The number of aromatic nitrogens is 3. The predicted molar refractivity (Wildman–Crippen MR) is 107 cm³/mol. The van der Waals surface area contributed by atoms with Crippen molar-refractivity contribution in [3.05, 3.63) is 71.6 Å². The zero-order valence-corrected chi connectivity index (χ0v) is 17.4. The first-order chi connectivity index (χ1) is 16.4. The second-order valence-corrected chi connectivity index (χ2v) is 7.47. The normalized spacial score (nSPS) is 14.4. The van der Waals surface area contributed by atoms with Crippen LogP contribution >= 0.6 is 0 Å². The van der Waals surface area contributed by atoms with E-state index in [9.17, 15) is 35.5 Å². The van der Waals surface area contributed by atoms with Crippen molar-refractivity contribution in [3.8, 4) is 5.75 Å². The molecule has 1 N–H and O–H groups in total. The molecule has 7 nitrogen and oxygen atoms in total. The van der Waals surface area contributed by atoms with Gasteiger partial charge in [0.1, 0.15) is 23.4 Å². The highest BCUT2D eigenvalue weighted by Crippen LogP contribution is 2.35. The minimum Gasteiger partial charge on any atom is -0.487 e. The number of alkyl halides is 6. The molecule has 1 fully saturated rings. The third kappa shape index (κ3) is 5.58. The van der Waals surface area contributed by atoms with E-state index in [0.717, 1.165) is 12.1 Å². The van der Waals surface area contributed by atoms with E-state index in [2.05, 4.69) is 20.5 Å². The monoisotopic (exact) mass is 501 g/mol. The van der Waals surface area contributed by atoms with Gasteiger partial charge >= 0.3 is 12.4 Å². The van der Waals surface area contributed by atoms with Crippen molar-refractivity contribution in [1.29, 1.82) is 0 Å². The van der Waals surface area contributed by atoms with E-state index in [1.807, 2.05) is 0 Å². The summed E-state index contributed by atoms with van der Waals surface area (Å²) in [5.41, 5.74) is -2.81. The van der Waals surface area contributed by atoms with Crippen LogP contribution in [0.15, 0.2) is 48.8 Å². The van der Waals surface area contributed by atoms with Gasteiger partial charge in [-0.05, 0) is 30.3 Å². The van der Waals surface area contributed by atoms with E-state index >= 15 is 0 Å². The first-order valence-corrected chi connectivity index (χ1v) is 9.86. The van der Waals surface area contributed by atoms with Gasteiger partial charge in [0.05, 0.1) is 42.4 Å². The summed E-state index contributed by atoms with van der Waals surface area (Å²) in [7, 11) is 0. The number of nitrogens with zero attached hydrogens (tertiary/aromatic N) is 4. The number of pyridine rings is 1. The minimum atomic E-state index is -4.81. The fraction of sp³-hybridized carbons (Fsp3) is 0.238. The average Bonchev–Trinajstić information content (AvgIpc) is 2.75. The number of ether oxygens (including phenoxy) is 1. The molecule has 3 aromatic rings. The number of benzene rings is 1. The van der Waals surface area contributed by atoms with Crippen LogP contribution in [0.4, 0.5) is 42.1 Å². The van der Waals surface area contributed by atoms with Crippen molar-refractivity contribution in [2.75, 3.05) is 23.3 Å². The molecule has 0 bridgehead atoms. The van der Waals surface area contributed by atoms with Crippen LogP contribution in [0.2, 0.25) is 0 Å². The zero-order chi connectivity index (χ0) is 25.4. The molecular weight excluding hydrogens is 487 g/mol. The Hall–Kier alpha value is -3.97. The molecule has 1 saturated heterocycles. The van der Waals surface area contributed by atoms with Crippen LogP contribution in [-0.2, 0) is 12.4 Å². The molecule has 0 unspecified atom stereocenters. The lowest BCUT2D eigenvalue weighted by Crippen LogP contribution is -2.54. The Balaban J connectivity index is 1.53. The van der Waals surface area contributed by atoms with Crippen molar-refractivity contribution >= 4 is 17.3 Å². The third-order valence-corrected chi connectivity index (χ3v) is 4.91. The van der Waals surface area contributed by atoms with Crippen molar-refractivity contribution in [3.63, 3.8) is 0 Å². The van der Waals surface area contributed by atoms with Crippen molar-refractivity contribution < 1.29 is 40.3 Å². The van der Waals surface area contributed by atoms with E-state index in [4.69, 9.17) is 4.74 Å². The maximum Gasteiger partial charge on any atom is 0.433 e. The Kier molecular flexibility index (Phi) is 6.21. The minimum absolute atomic E-state index is 0.00199. The number of carbonyl (C=O) groups excluding carboxylic acids is 1. The van der Waals surface area contributed by atoms with Gasteiger partial charge in [0.25, 0.3) is 5.91 Å². The maximum atomic E-state index is 13.6. The van der Waals surface area contributed by atoms with Crippen LogP contribution in [0.1, 0.15) is 21.7 Å². The molecule has 184 valence electrons. The number of anilines is 2. The molecule has 3 heterocycles. The van der Waals surface area contributed by atoms with Gasteiger partial charge < -0.3 is 15.0 Å². The Morgan fingerprint density at radius 1 is 1.00 bits per heavy atom. The number of halogens is 7.